The minimum atomic E-state index is -0.159. The van der Waals surface area contributed by atoms with E-state index in [1.54, 1.807) is 12.1 Å². The molecule has 1 aromatic heterocycles. The van der Waals surface area contributed by atoms with E-state index in [2.05, 4.69) is 10.3 Å². The number of ether oxygens (including phenoxy) is 2. The molecule has 0 radical (unpaired) electrons. The maximum Gasteiger partial charge on any atom is 0.256 e. The monoisotopic (exact) mass is 392 g/mol. The number of hydrogen-bond donors (Lipinski definition) is 1. The van der Waals surface area contributed by atoms with Crippen LogP contribution in [-0.2, 0) is 4.79 Å². The van der Waals surface area contributed by atoms with Crippen molar-refractivity contribution in [3.63, 3.8) is 0 Å². The Hall–Kier alpha value is -2.38. The number of thioether (sulfide) groups is 1. The molecule has 1 amide bonds. The molecule has 0 unspecified atom stereocenters. The van der Waals surface area contributed by atoms with Crippen LogP contribution in [0, 0.1) is 0 Å². The molecular formula is C18H17ClN2O4S. The second-order valence-corrected chi connectivity index (χ2v) is 6.73. The van der Waals surface area contributed by atoms with Crippen molar-refractivity contribution in [2.24, 2.45) is 0 Å². The van der Waals surface area contributed by atoms with Crippen LogP contribution < -0.4 is 14.8 Å². The van der Waals surface area contributed by atoms with Crippen LogP contribution in [0.15, 0.2) is 46.0 Å². The zero-order chi connectivity index (χ0) is 18.5. The third-order valence-corrected chi connectivity index (χ3v) is 4.70. The molecule has 0 aliphatic carbocycles. The number of nitrogens with one attached hydrogen (secondary N) is 1. The molecular weight excluding hydrogens is 376 g/mol. The number of methoxy groups -OCH3 is 2. The highest BCUT2D eigenvalue weighted by molar-refractivity contribution is 7.99. The van der Waals surface area contributed by atoms with Crippen molar-refractivity contribution in [3.05, 3.63) is 41.4 Å². The molecule has 8 heteroatoms. The molecule has 26 heavy (non-hydrogen) atoms. The molecule has 0 saturated carbocycles. The third kappa shape index (κ3) is 4.23. The number of amides is 1. The number of carbonyl (C=O) groups is 1. The molecule has 1 heterocycles. The van der Waals surface area contributed by atoms with Crippen molar-refractivity contribution < 1.29 is 18.7 Å². The number of halogens is 1. The average Bonchev–Trinajstić information content (AvgIpc) is 3.04. The van der Waals surface area contributed by atoms with E-state index in [1.807, 2.05) is 24.3 Å². The maximum absolute atomic E-state index is 12.2. The van der Waals surface area contributed by atoms with E-state index in [4.69, 9.17) is 25.5 Å². The van der Waals surface area contributed by atoms with Crippen LogP contribution in [0.2, 0.25) is 5.02 Å². The summed E-state index contributed by atoms with van der Waals surface area (Å²) in [7, 11) is 3.03. The van der Waals surface area contributed by atoms with Gasteiger partial charge in [-0.1, -0.05) is 35.5 Å². The van der Waals surface area contributed by atoms with E-state index in [9.17, 15) is 4.79 Å². The minimum Gasteiger partial charge on any atom is -0.495 e. The SMILES string of the molecule is COc1cc(OC)c(NC(=O)CCSc2nc3ccccc3o2)cc1Cl. The fourth-order valence-electron chi connectivity index (χ4n) is 2.31. The first-order chi connectivity index (χ1) is 12.6. The number of para-hydroxylation sites is 2. The average molecular weight is 393 g/mol. The number of hydrogen-bond acceptors (Lipinski definition) is 6. The summed E-state index contributed by atoms with van der Waals surface area (Å²) in [6.45, 7) is 0. The van der Waals surface area contributed by atoms with Crippen molar-refractivity contribution in [2.75, 3.05) is 25.3 Å². The van der Waals surface area contributed by atoms with Crippen molar-refractivity contribution in [1.82, 2.24) is 4.98 Å². The fourth-order valence-corrected chi connectivity index (χ4v) is 3.33. The van der Waals surface area contributed by atoms with Crippen LogP contribution in [0.3, 0.4) is 0 Å². The van der Waals surface area contributed by atoms with Gasteiger partial charge in [-0.3, -0.25) is 4.79 Å². The Morgan fingerprint density at radius 1 is 1.23 bits per heavy atom. The third-order valence-electron chi connectivity index (χ3n) is 3.58. The van der Waals surface area contributed by atoms with Crippen LogP contribution in [0.4, 0.5) is 5.69 Å². The van der Waals surface area contributed by atoms with Gasteiger partial charge >= 0.3 is 0 Å². The standard InChI is InChI=1S/C18H17ClN2O4S/c1-23-15-10-16(24-2)13(9-11(15)19)20-17(22)7-8-26-18-21-12-5-3-4-6-14(12)25-18/h3-6,9-10H,7-8H2,1-2H3,(H,20,22). The van der Waals surface area contributed by atoms with Crippen molar-refractivity contribution in [2.45, 2.75) is 11.6 Å². The van der Waals surface area contributed by atoms with Crippen molar-refractivity contribution in [1.29, 1.82) is 0 Å². The predicted molar refractivity (Wildman–Crippen MR) is 103 cm³/mol. The highest BCUT2D eigenvalue weighted by Crippen LogP contribution is 2.36. The molecule has 0 aliphatic heterocycles. The van der Waals surface area contributed by atoms with E-state index in [0.29, 0.717) is 33.2 Å². The van der Waals surface area contributed by atoms with Crippen LogP contribution in [0.5, 0.6) is 11.5 Å². The number of oxazole rings is 1. The largest absolute Gasteiger partial charge is 0.495 e. The second kappa shape index (κ2) is 8.33. The van der Waals surface area contributed by atoms with Gasteiger partial charge in [0.1, 0.15) is 17.0 Å². The zero-order valence-corrected chi connectivity index (χ0v) is 15.8. The van der Waals surface area contributed by atoms with Crippen LogP contribution in [0.25, 0.3) is 11.1 Å². The zero-order valence-electron chi connectivity index (χ0n) is 14.2. The maximum atomic E-state index is 12.2. The molecule has 6 nitrogen and oxygen atoms in total. The van der Waals surface area contributed by atoms with Gasteiger partial charge in [0.05, 0.1) is 24.9 Å². The fraction of sp³-hybridized carbons (Fsp3) is 0.222. The highest BCUT2D eigenvalue weighted by atomic mass is 35.5. The number of benzene rings is 2. The Labute approximate surface area is 159 Å². The normalized spacial score (nSPS) is 10.7. The lowest BCUT2D eigenvalue weighted by atomic mass is 10.2. The summed E-state index contributed by atoms with van der Waals surface area (Å²) in [5.41, 5.74) is 2.03. The van der Waals surface area contributed by atoms with Crippen molar-refractivity contribution in [3.8, 4) is 11.5 Å². The summed E-state index contributed by atoms with van der Waals surface area (Å²) in [6, 6.07) is 10.8. The van der Waals surface area contributed by atoms with Crippen LogP contribution >= 0.6 is 23.4 Å². The molecule has 0 bridgehead atoms. The van der Waals surface area contributed by atoms with Gasteiger partial charge in [-0.25, -0.2) is 4.98 Å². The Balaban J connectivity index is 1.58. The Morgan fingerprint density at radius 3 is 2.73 bits per heavy atom. The number of nitrogens with zero attached hydrogens (tertiary/aromatic N) is 1. The number of rotatable bonds is 7. The lowest BCUT2D eigenvalue weighted by molar-refractivity contribution is -0.115. The smallest absolute Gasteiger partial charge is 0.256 e. The van der Waals surface area contributed by atoms with E-state index >= 15 is 0 Å². The van der Waals surface area contributed by atoms with Crippen LogP contribution in [-0.4, -0.2) is 30.9 Å². The van der Waals surface area contributed by atoms with Crippen LogP contribution in [0.1, 0.15) is 6.42 Å². The quantitative estimate of drug-likeness (QED) is 0.591. The molecule has 2 aromatic carbocycles. The van der Waals surface area contributed by atoms with Gasteiger partial charge in [0.25, 0.3) is 5.22 Å². The lowest BCUT2D eigenvalue weighted by Crippen LogP contribution is -2.13. The van der Waals surface area contributed by atoms with Gasteiger partial charge in [-0.2, -0.15) is 0 Å². The molecule has 3 rings (SSSR count). The Morgan fingerprint density at radius 2 is 2.00 bits per heavy atom. The summed E-state index contributed by atoms with van der Waals surface area (Å²) in [5, 5.41) is 3.74. The minimum absolute atomic E-state index is 0.159. The van der Waals surface area contributed by atoms with Gasteiger partial charge in [-0.05, 0) is 18.2 Å². The number of fused-ring (bicyclic) bond motifs is 1. The second-order valence-electron chi connectivity index (χ2n) is 5.28. The number of anilines is 1. The molecule has 0 atom stereocenters. The summed E-state index contributed by atoms with van der Waals surface area (Å²) >= 11 is 7.50. The summed E-state index contributed by atoms with van der Waals surface area (Å²) in [4.78, 5) is 16.6. The summed E-state index contributed by atoms with van der Waals surface area (Å²) < 4.78 is 16.0. The van der Waals surface area contributed by atoms with E-state index in [0.717, 1.165) is 11.1 Å². The summed E-state index contributed by atoms with van der Waals surface area (Å²) in [5.74, 6) is 1.33. The van der Waals surface area contributed by atoms with Crippen molar-refractivity contribution >= 4 is 46.1 Å². The molecule has 3 aromatic rings. The number of carbonyl (C=O) groups excluding carboxylic acids is 1. The molecule has 1 N–H and O–H groups in total. The molecule has 0 aliphatic rings. The highest BCUT2D eigenvalue weighted by Gasteiger charge is 2.13. The molecule has 136 valence electrons. The summed E-state index contributed by atoms with van der Waals surface area (Å²) in [6.07, 6.45) is 0.288. The van der Waals surface area contributed by atoms with Gasteiger partial charge < -0.3 is 19.2 Å². The molecule has 0 fully saturated rings. The first-order valence-corrected chi connectivity index (χ1v) is 9.17. The first kappa shape index (κ1) is 18.4. The van der Waals surface area contributed by atoms with Gasteiger partial charge in [0.2, 0.25) is 5.91 Å². The van der Waals surface area contributed by atoms with Gasteiger partial charge in [0, 0.05) is 18.2 Å². The first-order valence-electron chi connectivity index (χ1n) is 7.80. The van der Waals surface area contributed by atoms with Gasteiger partial charge in [0.15, 0.2) is 5.58 Å². The Bertz CT molecular complexity index is 896. The Kier molecular flexibility index (Phi) is 5.90. The topological polar surface area (TPSA) is 73.6 Å². The lowest BCUT2D eigenvalue weighted by Gasteiger charge is -2.12. The molecule has 0 saturated heterocycles. The molecule has 0 spiro atoms. The van der Waals surface area contributed by atoms with E-state index in [-0.39, 0.29) is 12.3 Å². The van der Waals surface area contributed by atoms with E-state index in [1.165, 1.54) is 26.0 Å². The predicted octanol–water partition coefficient (Wildman–Crippen LogP) is 4.62. The van der Waals surface area contributed by atoms with E-state index < -0.39 is 0 Å². The number of aromatic nitrogens is 1. The van der Waals surface area contributed by atoms with Gasteiger partial charge in [-0.15, -0.1) is 0 Å².